The van der Waals surface area contributed by atoms with Gasteiger partial charge in [-0.3, -0.25) is 29.4 Å². The Labute approximate surface area is 182 Å². The van der Waals surface area contributed by atoms with E-state index in [1.54, 1.807) is 12.1 Å². The normalized spacial score (nSPS) is 23.8. The van der Waals surface area contributed by atoms with Crippen LogP contribution in [-0.2, 0) is 9.59 Å². The van der Waals surface area contributed by atoms with E-state index < -0.39 is 23.8 Å². The number of hydrogen-bond donors (Lipinski definition) is 3. The van der Waals surface area contributed by atoms with Crippen LogP contribution in [0.1, 0.15) is 66.2 Å². The molecule has 0 saturated carbocycles. The zero-order valence-corrected chi connectivity index (χ0v) is 17.9. The van der Waals surface area contributed by atoms with Crippen LogP contribution in [0.15, 0.2) is 18.2 Å². The minimum Gasteiger partial charge on any atom is -0.384 e. The van der Waals surface area contributed by atoms with Crippen LogP contribution in [0.2, 0.25) is 0 Å². The molecular formula is C23H30N4O4. The summed E-state index contributed by atoms with van der Waals surface area (Å²) in [5, 5.41) is 9.07. The van der Waals surface area contributed by atoms with E-state index in [2.05, 4.69) is 22.9 Å². The van der Waals surface area contributed by atoms with Crippen molar-refractivity contribution in [2.75, 3.05) is 25.0 Å². The third-order valence-corrected chi connectivity index (χ3v) is 6.74. The third-order valence-electron chi connectivity index (χ3n) is 6.74. The largest absolute Gasteiger partial charge is 0.384 e. The third kappa shape index (κ3) is 4.35. The summed E-state index contributed by atoms with van der Waals surface area (Å²) in [6, 6.07) is 4.25. The summed E-state index contributed by atoms with van der Waals surface area (Å²) in [6.07, 6.45) is 4.98. The van der Waals surface area contributed by atoms with Gasteiger partial charge in [0.1, 0.15) is 6.04 Å². The Balaban J connectivity index is 1.48. The fourth-order valence-corrected chi connectivity index (χ4v) is 4.92. The molecular weight excluding hydrogens is 396 g/mol. The first-order chi connectivity index (χ1) is 15.0. The van der Waals surface area contributed by atoms with Crippen molar-refractivity contribution < 1.29 is 19.2 Å². The molecule has 166 valence electrons. The molecule has 0 spiro atoms. The van der Waals surface area contributed by atoms with Crippen molar-refractivity contribution >= 4 is 29.3 Å². The van der Waals surface area contributed by atoms with Crippen LogP contribution < -0.4 is 16.0 Å². The molecule has 1 aromatic carbocycles. The van der Waals surface area contributed by atoms with E-state index in [0.717, 1.165) is 18.0 Å². The molecule has 4 amide bonds. The summed E-state index contributed by atoms with van der Waals surface area (Å²) < 4.78 is 0. The van der Waals surface area contributed by atoms with Gasteiger partial charge in [-0.15, -0.1) is 0 Å². The lowest BCUT2D eigenvalue weighted by Gasteiger charge is -2.28. The highest BCUT2D eigenvalue weighted by Crippen LogP contribution is 2.33. The SMILES string of the molecule is C[C@H](CNc1cccc2c1C(=O)N(C1CCC(=O)NC1=O)C2=O)C1CCCNCCC1. The van der Waals surface area contributed by atoms with Gasteiger partial charge in [-0.25, -0.2) is 0 Å². The Kier molecular flexibility index (Phi) is 6.36. The fraction of sp³-hybridized carbons (Fsp3) is 0.565. The number of nitrogens with one attached hydrogen (secondary N) is 3. The van der Waals surface area contributed by atoms with E-state index in [0.29, 0.717) is 35.2 Å². The van der Waals surface area contributed by atoms with Crippen molar-refractivity contribution in [3.8, 4) is 0 Å². The Morgan fingerprint density at radius 2 is 1.81 bits per heavy atom. The van der Waals surface area contributed by atoms with E-state index >= 15 is 0 Å². The predicted molar refractivity (Wildman–Crippen MR) is 116 cm³/mol. The lowest BCUT2D eigenvalue weighted by molar-refractivity contribution is -0.136. The molecule has 31 heavy (non-hydrogen) atoms. The molecule has 2 atom stereocenters. The van der Waals surface area contributed by atoms with Crippen molar-refractivity contribution in [1.29, 1.82) is 0 Å². The van der Waals surface area contributed by atoms with Gasteiger partial charge in [0.15, 0.2) is 0 Å². The maximum absolute atomic E-state index is 13.2. The van der Waals surface area contributed by atoms with E-state index in [1.807, 2.05) is 6.07 Å². The molecule has 8 heteroatoms. The quantitative estimate of drug-likeness (QED) is 0.621. The molecule has 0 aliphatic carbocycles. The summed E-state index contributed by atoms with van der Waals surface area (Å²) >= 11 is 0. The Bertz CT molecular complexity index is 892. The van der Waals surface area contributed by atoms with Crippen molar-refractivity contribution in [3.05, 3.63) is 29.3 Å². The highest BCUT2D eigenvalue weighted by atomic mass is 16.2. The molecule has 0 bridgehead atoms. The number of hydrogen-bond acceptors (Lipinski definition) is 6. The zero-order valence-electron chi connectivity index (χ0n) is 17.9. The van der Waals surface area contributed by atoms with Gasteiger partial charge >= 0.3 is 0 Å². The van der Waals surface area contributed by atoms with Gasteiger partial charge in [0.2, 0.25) is 11.8 Å². The fourth-order valence-electron chi connectivity index (χ4n) is 4.92. The number of rotatable bonds is 5. The van der Waals surface area contributed by atoms with Gasteiger partial charge in [-0.1, -0.05) is 13.0 Å². The average Bonchev–Trinajstić information content (AvgIpc) is 2.97. The van der Waals surface area contributed by atoms with E-state index in [-0.39, 0.29) is 18.7 Å². The molecule has 1 aromatic rings. The highest BCUT2D eigenvalue weighted by Gasteiger charge is 2.45. The number of benzene rings is 1. The van der Waals surface area contributed by atoms with Gasteiger partial charge in [-0.05, 0) is 69.2 Å². The lowest BCUT2D eigenvalue weighted by atomic mass is 9.85. The molecule has 3 N–H and O–H groups in total. The van der Waals surface area contributed by atoms with Crippen molar-refractivity contribution in [2.24, 2.45) is 11.8 Å². The second-order valence-corrected chi connectivity index (χ2v) is 8.83. The zero-order chi connectivity index (χ0) is 22.0. The molecule has 0 radical (unpaired) electrons. The standard InChI is InChI=1S/C23H30N4O4/c1-14(15-5-3-11-24-12-4-6-15)13-25-17-8-2-7-16-20(17)23(31)27(22(16)30)18-9-10-19(28)26-21(18)29/h2,7-8,14-15,18,24-25H,3-6,9-13H2,1H3,(H,26,28,29)/t14-,18?/m1/s1. The van der Waals surface area contributed by atoms with Crippen molar-refractivity contribution in [1.82, 2.24) is 15.5 Å². The van der Waals surface area contributed by atoms with Gasteiger partial charge in [0, 0.05) is 18.7 Å². The summed E-state index contributed by atoms with van der Waals surface area (Å²) in [5.74, 6) is -0.844. The Morgan fingerprint density at radius 1 is 1.06 bits per heavy atom. The molecule has 2 saturated heterocycles. The minimum absolute atomic E-state index is 0.114. The van der Waals surface area contributed by atoms with E-state index in [9.17, 15) is 19.2 Å². The predicted octanol–water partition coefficient (Wildman–Crippen LogP) is 1.92. The molecule has 2 fully saturated rings. The molecule has 3 aliphatic rings. The number of amides is 4. The molecule has 8 nitrogen and oxygen atoms in total. The minimum atomic E-state index is -0.944. The van der Waals surface area contributed by atoms with Crippen molar-refractivity contribution in [2.45, 2.75) is 51.5 Å². The van der Waals surface area contributed by atoms with Crippen LogP contribution in [0, 0.1) is 11.8 Å². The summed E-state index contributed by atoms with van der Waals surface area (Å²) in [6.45, 7) is 5.08. The molecule has 3 aliphatic heterocycles. The number of imide groups is 2. The van der Waals surface area contributed by atoms with Gasteiger partial charge in [0.25, 0.3) is 11.8 Å². The van der Waals surface area contributed by atoms with E-state index in [4.69, 9.17) is 0 Å². The number of anilines is 1. The molecule has 4 rings (SSSR count). The smallest absolute Gasteiger partial charge is 0.264 e. The molecule has 1 unspecified atom stereocenters. The van der Waals surface area contributed by atoms with Crippen LogP contribution >= 0.6 is 0 Å². The number of nitrogens with zero attached hydrogens (tertiary/aromatic N) is 1. The second kappa shape index (κ2) is 9.18. The first kappa shape index (κ1) is 21.5. The summed E-state index contributed by atoms with van der Waals surface area (Å²) in [5.41, 5.74) is 1.26. The molecule has 0 aromatic heterocycles. The molecule has 3 heterocycles. The van der Waals surface area contributed by atoms with Crippen LogP contribution in [0.5, 0.6) is 0 Å². The second-order valence-electron chi connectivity index (χ2n) is 8.83. The maximum Gasteiger partial charge on any atom is 0.264 e. The Morgan fingerprint density at radius 3 is 2.52 bits per heavy atom. The topological polar surface area (TPSA) is 108 Å². The summed E-state index contributed by atoms with van der Waals surface area (Å²) in [7, 11) is 0. The number of carbonyl (C=O) groups is 4. The van der Waals surface area contributed by atoms with Crippen LogP contribution in [0.3, 0.4) is 0 Å². The number of fused-ring (bicyclic) bond motifs is 1. The monoisotopic (exact) mass is 426 g/mol. The summed E-state index contributed by atoms with van der Waals surface area (Å²) in [4.78, 5) is 50.9. The lowest BCUT2D eigenvalue weighted by Crippen LogP contribution is -2.54. The maximum atomic E-state index is 13.2. The van der Waals surface area contributed by atoms with Gasteiger partial charge < -0.3 is 10.6 Å². The number of piperidine rings is 1. The van der Waals surface area contributed by atoms with Gasteiger partial charge in [0.05, 0.1) is 11.1 Å². The highest BCUT2D eigenvalue weighted by molar-refractivity contribution is 6.25. The van der Waals surface area contributed by atoms with Crippen LogP contribution in [0.25, 0.3) is 0 Å². The van der Waals surface area contributed by atoms with Crippen LogP contribution in [-0.4, -0.2) is 54.2 Å². The van der Waals surface area contributed by atoms with Crippen LogP contribution in [0.4, 0.5) is 5.69 Å². The first-order valence-electron chi connectivity index (χ1n) is 11.3. The number of carbonyl (C=O) groups excluding carboxylic acids is 4. The Hall–Kier alpha value is -2.74. The van der Waals surface area contributed by atoms with Gasteiger partial charge in [-0.2, -0.15) is 0 Å². The van der Waals surface area contributed by atoms with Crippen molar-refractivity contribution in [3.63, 3.8) is 0 Å². The average molecular weight is 427 g/mol. The first-order valence-corrected chi connectivity index (χ1v) is 11.3. The van der Waals surface area contributed by atoms with E-state index in [1.165, 1.54) is 25.7 Å².